The van der Waals surface area contributed by atoms with E-state index in [0.717, 1.165) is 13.0 Å². The molecule has 4 nitrogen and oxygen atoms in total. The van der Waals surface area contributed by atoms with Gasteiger partial charge in [-0.1, -0.05) is 26.2 Å². The van der Waals surface area contributed by atoms with Gasteiger partial charge in [0.15, 0.2) is 0 Å². The molecule has 16 heavy (non-hydrogen) atoms. The first-order valence-electron chi connectivity index (χ1n) is 5.64. The summed E-state index contributed by atoms with van der Waals surface area (Å²) in [5.74, 6) is -0.148. The fourth-order valence-electron chi connectivity index (χ4n) is 1.11. The average molecular weight is 273 g/mol. The normalized spacial score (nSPS) is 11.9. The van der Waals surface area contributed by atoms with Gasteiger partial charge in [0.2, 0.25) is 9.05 Å². The number of unbranched alkanes of at least 4 members (excludes halogenated alkanes) is 3. The third-order valence-electron chi connectivity index (χ3n) is 1.99. The van der Waals surface area contributed by atoms with Gasteiger partial charge in [0.1, 0.15) is 0 Å². The predicted molar refractivity (Wildman–Crippen MR) is 65.4 cm³/mol. The summed E-state index contributed by atoms with van der Waals surface area (Å²) in [6, 6.07) is 0. The first kappa shape index (κ1) is 16.2. The number of hydrogen-bond donors (Lipinski definition) is 0. The van der Waals surface area contributed by atoms with E-state index in [9.17, 15) is 8.42 Å². The molecule has 0 aliphatic heterocycles. The maximum Gasteiger partial charge on any atom is 0.234 e. The lowest BCUT2D eigenvalue weighted by Gasteiger charge is -2.04. The number of rotatable bonds is 11. The highest BCUT2D eigenvalue weighted by molar-refractivity contribution is 8.13. The molecule has 0 saturated carbocycles. The van der Waals surface area contributed by atoms with E-state index in [1.54, 1.807) is 0 Å². The highest BCUT2D eigenvalue weighted by Crippen LogP contribution is 1.99. The van der Waals surface area contributed by atoms with Crippen molar-refractivity contribution in [1.82, 2.24) is 0 Å². The van der Waals surface area contributed by atoms with Crippen molar-refractivity contribution in [3.05, 3.63) is 0 Å². The Bertz CT molecular complexity index is 241. The monoisotopic (exact) mass is 272 g/mol. The molecule has 0 N–H and O–H groups in total. The van der Waals surface area contributed by atoms with Crippen LogP contribution >= 0.6 is 10.7 Å². The summed E-state index contributed by atoms with van der Waals surface area (Å²) >= 11 is 0. The van der Waals surface area contributed by atoms with Gasteiger partial charge >= 0.3 is 0 Å². The molecule has 0 radical (unpaired) electrons. The molecule has 0 fully saturated rings. The van der Waals surface area contributed by atoms with Crippen LogP contribution in [-0.4, -0.2) is 40.6 Å². The summed E-state index contributed by atoms with van der Waals surface area (Å²) in [5.41, 5.74) is 0. The third kappa shape index (κ3) is 14.2. The minimum Gasteiger partial charge on any atom is -0.379 e. The molecule has 6 heteroatoms. The topological polar surface area (TPSA) is 52.6 Å². The quantitative estimate of drug-likeness (QED) is 0.427. The van der Waals surface area contributed by atoms with E-state index < -0.39 is 9.05 Å². The molecule has 0 bridgehead atoms. The van der Waals surface area contributed by atoms with Crippen molar-refractivity contribution in [1.29, 1.82) is 0 Å². The predicted octanol–water partition coefficient (Wildman–Crippen LogP) is 2.17. The maximum atomic E-state index is 10.5. The average Bonchev–Trinajstić information content (AvgIpc) is 2.19. The van der Waals surface area contributed by atoms with E-state index in [4.69, 9.17) is 20.2 Å². The van der Waals surface area contributed by atoms with Gasteiger partial charge in [-0.2, -0.15) is 0 Å². The summed E-state index contributed by atoms with van der Waals surface area (Å²) in [6.07, 6.45) is 4.73. The zero-order chi connectivity index (χ0) is 12.3. The Hall–Kier alpha value is 0.160. The molecule has 0 spiro atoms. The van der Waals surface area contributed by atoms with Crippen molar-refractivity contribution < 1.29 is 17.9 Å². The lowest BCUT2D eigenvalue weighted by atomic mass is 10.2. The molecule has 98 valence electrons. The Kier molecular flexibility index (Phi) is 10.4. The van der Waals surface area contributed by atoms with E-state index in [2.05, 4.69) is 6.92 Å². The molecular formula is C10H21ClO4S. The second kappa shape index (κ2) is 10.3. The molecule has 0 heterocycles. The zero-order valence-corrected chi connectivity index (χ0v) is 11.4. The van der Waals surface area contributed by atoms with Crippen molar-refractivity contribution in [3.8, 4) is 0 Å². The zero-order valence-electron chi connectivity index (χ0n) is 9.78. The SMILES string of the molecule is CCCCCCOCCOCCS(=O)(=O)Cl. The van der Waals surface area contributed by atoms with Crippen molar-refractivity contribution in [3.63, 3.8) is 0 Å². The minimum absolute atomic E-state index is 0.130. The summed E-state index contributed by atoms with van der Waals surface area (Å²) in [7, 11) is 1.58. The second-order valence-electron chi connectivity index (χ2n) is 3.53. The van der Waals surface area contributed by atoms with Crippen molar-refractivity contribution in [2.24, 2.45) is 0 Å². The van der Waals surface area contributed by atoms with Crippen LogP contribution in [0.4, 0.5) is 0 Å². The second-order valence-corrected chi connectivity index (χ2v) is 6.42. The van der Waals surface area contributed by atoms with Crippen molar-refractivity contribution in [2.75, 3.05) is 32.2 Å². The molecule has 0 aromatic rings. The molecule has 0 aliphatic rings. The van der Waals surface area contributed by atoms with Gasteiger partial charge in [-0.15, -0.1) is 0 Å². The molecular weight excluding hydrogens is 252 g/mol. The molecule has 0 aromatic heterocycles. The lowest BCUT2D eigenvalue weighted by Crippen LogP contribution is -2.11. The van der Waals surface area contributed by atoms with Crippen LogP contribution in [0.1, 0.15) is 32.6 Å². The van der Waals surface area contributed by atoms with Crippen LogP contribution in [0.15, 0.2) is 0 Å². The first-order chi connectivity index (χ1) is 7.56. The van der Waals surface area contributed by atoms with Gasteiger partial charge in [0, 0.05) is 17.3 Å². The fourth-order valence-corrected chi connectivity index (χ4v) is 1.62. The summed E-state index contributed by atoms with van der Waals surface area (Å²) in [4.78, 5) is 0. The highest BCUT2D eigenvalue weighted by atomic mass is 35.7. The molecule has 0 saturated heterocycles. The van der Waals surface area contributed by atoms with E-state index in [1.165, 1.54) is 19.3 Å². The Morgan fingerprint density at radius 3 is 2.12 bits per heavy atom. The summed E-state index contributed by atoms with van der Waals surface area (Å²) in [5, 5.41) is 0. The summed E-state index contributed by atoms with van der Waals surface area (Å²) in [6.45, 7) is 3.97. The van der Waals surface area contributed by atoms with Crippen LogP contribution in [0.5, 0.6) is 0 Å². The largest absolute Gasteiger partial charge is 0.379 e. The minimum atomic E-state index is -3.43. The summed E-state index contributed by atoms with van der Waals surface area (Å²) < 4.78 is 31.4. The Morgan fingerprint density at radius 1 is 0.938 bits per heavy atom. The smallest absolute Gasteiger partial charge is 0.234 e. The molecule has 0 rings (SSSR count). The van der Waals surface area contributed by atoms with Crippen LogP contribution < -0.4 is 0 Å². The van der Waals surface area contributed by atoms with Crippen molar-refractivity contribution in [2.45, 2.75) is 32.6 Å². The van der Waals surface area contributed by atoms with Gasteiger partial charge < -0.3 is 9.47 Å². The van der Waals surface area contributed by atoms with E-state index in [0.29, 0.717) is 13.2 Å². The van der Waals surface area contributed by atoms with Gasteiger partial charge in [0.25, 0.3) is 0 Å². The van der Waals surface area contributed by atoms with Gasteiger partial charge in [0.05, 0.1) is 25.6 Å². The van der Waals surface area contributed by atoms with Gasteiger partial charge in [-0.3, -0.25) is 0 Å². The Labute approximate surface area is 103 Å². The number of hydrogen-bond acceptors (Lipinski definition) is 4. The number of ether oxygens (including phenoxy) is 2. The third-order valence-corrected chi connectivity index (χ3v) is 3.10. The van der Waals surface area contributed by atoms with Crippen LogP contribution in [-0.2, 0) is 18.5 Å². The fraction of sp³-hybridized carbons (Fsp3) is 1.00. The van der Waals surface area contributed by atoms with Gasteiger partial charge in [-0.05, 0) is 6.42 Å². The van der Waals surface area contributed by atoms with Gasteiger partial charge in [-0.25, -0.2) is 8.42 Å². The maximum absolute atomic E-state index is 10.5. The molecule has 0 atom stereocenters. The standard InChI is InChI=1S/C10H21ClO4S/c1-2-3-4-5-6-14-7-8-15-9-10-16(11,12)13/h2-10H2,1H3. The molecule has 0 aliphatic carbocycles. The van der Waals surface area contributed by atoms with Crippen LogP contribution in [0, 0.1) is 0 Å². The van der Waals surface area contributed by atoms with E-state index in [-0.39, 0.29) is 12.4 Å². The van der Waals surface area contributed by atoms with Crippen LogP contribution in [0.25, 0.3) is 0 Å². The van der Waals surface area contributed by atoms with Crippen LogP contribution in [0.3, 0.4) is 0 Å². The highest BCUT2D eigenvalue weighted by Gasteiger charge is 2.03. The van der Waals surface area contributed by atoms with Crippen molar-refractivity contribution >= 4 is 19.7 Å². The van der Waals surface area contributed by atoms with Crippen LogP contribution in [0.2, 0.25) is 0 Å². The molecule has 0 unspecified atom stereocenters. The van der Waals surface area contributed by atoms with E-state index in [1.807, 2.05) is 0 Å². The lowest BCUT2D eigenvalue weighted by molar-refractivity contribution is 0.0520. The number of halogens is 1. The Balaban J connectivity index is 3.05. The molecule has 0 amide bonds. The Morgan fingerprint density at radius 2 is 1.56 bits per heavy atom. The van der Waals surface area contributed by atoms with E-state index >= 15 is 0 Å². The molecule has 0 aromatic carbocycles. The first-order valence-corrected chi connectivity index (χ1v) is 8.12.